The van der Waals surface area contributed by atoms with Crippen molar-refractivity contribution in [2.24, 2.45) is 0 Å². The minimum atomic E-state index is -5.85. The van der Waals surface area contributed by atoms with Crippen LogP contribution in [-0.2, 0) is 11.2 Å². The highest BCUT2D eigenvalue weighted by Crippen LogP contribution is 2.36. The third-order valence-electron chi connectivity index (χ3n) is 2.72. The maximum atomic E-state index is 12.7. The van der Waals surface area contributed by atoms with E-state index in [1.165, 1.54) is 12.1 Å². The van der Waals surface area contributed by atoms with Crippen molar-refractivity contribution >= 4 is 5.78 Å². The molecule has 106 valence electrons. The van der Waals surface area contributed by atoms with Gasteiger partial charge in [-0.15, -0.1) is 0 Å². The van der Waals surface area contributed by atoms with Crippen LogP contribution in [0.2, 0.25) is 0 Å². The van der Waals surface area contributed by atoms with Crippen LogP contribution < -0.4 is 0 Å². The van der Waals surface area contributed by atoms with E-state index < -0.39 is 24.3 Å². The molecule has 0 radical (unpaired) electrons. The average Bonchev–Trinajstić information content (AvgIpc) is 2.28. The number of hydrogen-bond acceptors (Lipinski definition) is 1. The third-order valence-corrected chi connectivity index (χ3v) is 2.72. The molecule has 0 aliphatic carbocycles. The minimum absolute atomic E-state index is 0.137. The van der Waals surface area contributed by atoms with Crippen LogP contribution in [0, 0.1) is 0 Å². The summed E-state index contributed by atoms with van der Waals surface area (Å²) in [6.07, 6.45) is -6.78. The lowest BCUT2D eigenvalue weighted by Crippen LogP contribution is -2.44. The van der Waals surface area contributed by atoms with Gasteiger partial charge in [0.1, 0.15) is 0 Å². The van der Waals surface area contributed by atoms with Gasteiger partial charge in [0.15, 0.2) is 0 Å². The summed E-state index contributed by atoms with van der Waals surface area (Å²) in [6.45, 7) is 3.83. The van der Waals surface area contributed by atoms with Crippen LogP contribution in [0.4, 0.5) is 22.0 Å². The monoisotopic (exact) mass is 280 g/mol. The Hall–Kier alpha value is -1.46. The second kappa shape index (κ2) is 5.27. The van der Waals surface area contributed by atoms with Crippen molar-refractivity contribution in [1.29, 1.82) is 0 Å². The maximum Gasteiger partial charge on any atom is 0.461 e. The van der Waals surface area contributed by atoms with Crippen LogP contribution in [0.25, 0.3) is 0 Å². The molecular weight excluding hydrogens is 267 g/mol. The van der Waals surface area contributed by atoms with Crippen molar-refractivity contribution in [1.82, 2.24) is 0 Å². The van der Waals surface area contributed by atoms with Crippen molar-refractivity contribution in [3.05, 3.63) is 35.4 Å². The van der Waals surface area contributed by atoms with Crippen LogP contribution in [-0.4, -0.2) is 17.9 Å². The largest absolute Gasteiger partial charge is 0.461 e. The SMILES string of the molecule is CC(C)c1ccc(CC(=O)C(F)(F)C(F)(F)F)cc1. The molecule has 1 rings (SSSR count). The molecule has 0 saturated carbocycles. The van der Waals surface area contributed by atoms with Crippen molar-refractivity contribution in [3.8, 4) is 0 Å². The minimum Gasteiger partial charge on any atom is -0.292 e. The number of carbonyl (C=O) groups excluding carboxylic acids is 1. The number of ketones is 1. The number of alkyl halides is 5. The van der Waals surface area contributed by atoms with Crippen LogP contribution in [0.3, 0.4) is 0 Å². The van der Waals surface area contributed by atoms with E-state index >= 15 is 0 Å². The molecule has 19 heavy (non-hydrogen) atoms. The van der Waals surface area contributed by atoms with Gasteiger partial charge in [-0.2, -0.15) is 22.0 Å². The van der Waals surface area contributed by atoms with Crippen molar-refractivity contribution < 1.29 is 26.7 Å². The number of hydrogen-bond donors (Lipinski definition) is 0. The lowest BCUT2D eigenvalue weighted by molar-refractivity contribution is -0.268. The maximum absolute atomic E-state index is 12.7. The van der Waals surface area contributed by atoms with Gasteiger partial charge in [0.2, 0.25) is 5.78 Å². The second-order valence-electron chi connectivity index (χ2n) is 4.57. The summed E-state index contributed by atoms with van der Waals surface area (Å²) in [7, 11) is 0. The zero-order chi connectivity index (χ0) is 14.8. The standard InChI is InChI=1S/C13H13F5O/c1-8(2)10-5-3-9(4-6-10)7-11(19)12(14,15)13(16,17)18/h3-6,8H,7H2,1-2H3. The zero-order valence-electron chi connectivity index (χ0n) is 10.4. The molecule has 0 fully saturated rings. The molecule has 0 bridgehead atoms. The number of rotatable bonds is 4. The molecule has 1 aromatic carbocycles. The second-order valence-corrected chi connectivity index (χ2v) is 4.57. The van der Waals surface area contributed by atoms with Crippen LogP contribution in [0.1, 0.15) is 30.9 Å². The Morgan fingerprint density at radius 1 is 1.05 bits per heavy atom. The normalized spacial score (nSPS) is 12.8. The summed E-state index contributed by atoms with van der Waals surface area (Å²) in [6, 6.07) is 6.00. The Kier molecular flexibility index (Phi) is 4.32. The highest BCUT2D eigenvalue weighted by molar-refractivity contribution is 5.88. The van der Waals surface area contributed by atoms with E-state index in [4.69, 9.17) is 0 Å². The van der Waals surface area contributed by atoms with Crippen molar-refractivity contribution in [2.45, 2.75) is 38.3 Å². The van der Waals surface area contributed by atoms with Crippen molar-refractivity contribution in [2.75, 3.05) is 0 Å². The number of carbonyl (C=O) groups is 1. The smallest absolute Gasteiger partial charge is 0.292 e. The molecule has 0 saturated heterocycles. The van der Waals surface area contributed by atoms with Crippen molar-refractivity contribution in [3.63, 3.8) is 0 Å². The molecule has 1 aromatic rings. The van der Waals surface area contributed by atoms with Gasteiger partial charge in [0.25, 0.3) is 0 Å². The van der Waals surface area contributed by atoms with E-state index in [1.807, 2.05) is 13.8 Å². The van der Waals surface area contributed by atoms with Gasteiger partial charge in [-0.05, 0) is 17.0 Å². The molecule has 0 atom stereocenters. The molecule has 0 aliphatic heterocycles. The molecule has 6 heteroatoms. The summed E-state index contributed by atoms with van der Waals surface area (Å²) < 4.78 is 61.4. The van der Waals surface area contributed by atoms with Gasteiger partial charge >= 0.3 is 12.1 Å². The van der Waals surface area contributed by atoms with Crippen LogP contribution >= 0.6 is 0 Å². The predicted molar refractivity (Wildman–Crippen MR) is 60.2 cm³/mol. The van der Waals surface area contributed by atoms with Crippen LogP contribution in [0.15, 0.2) is 24.3 Å². The Bertz CT molecular complexity index is 445. The highest BCUT2D eigenvalue weighted by Gasteiger charge is 2.62. The summed E-state index contributed by atoms with van der Waals surface area (Å²) in [5, 5.41) is 0. The fourth-order valence-electron chi connectivity index (χ4n) is 1.47. The lowest BCUT2D eigenvalue weighted by Gasteiger charge is -2.18. The first kappa shape index (κ1) is 15.6. The Morgan fingerprint density at radius 3 is 1.89 bits per heavy atom. The molecular formula is C13H13F5O. The average molecular weight is 280 g/mol. The molecule has 0 N–H and O–H groups in total. The summed E-state index contributed by atoms with van der Waals surface area (Å²) in [5.74, 6) is -7.23. The molecule has 0 aliphatic rings. The van der Waals surface area contributed by atoms with Crippen LogP contribution in [0.5, 0.6) is 0 Å². The van der Waals surface area contributed by atoms with E-state index in [1.54, 1.807) is 12.1 Å². The third kappa shape index (κ3) is 3.52. The highest BCUT2D eigenvalue weighted by atomic mass is 19.4. The lowest BCUT2D eigenvalue weighted by atomic mass is 9.99. The van der Waals surface area contributed by atoms with E-state index in [9.17, 15) is 26.7 Å². The quantitative estimate of drug-likeness (QED) is 0.758. The number of benzene rings is 1. The Balaban J connectivity index is 2.83. The first-order chi connectivity index (χ1) is 8.55. The van der Waals surface area contributed by atoms with E-state index in [2.05, 4.69) is 0 Å². The topological polar surface area (TPSA) is 17.1 Å². The Labute approximate surface area is 107 Å². The predicted octanol–water partition coefficient (Wildman–Crippen LogP) is 4.12. The summed E-state index contributed by atoms with van der Waals surface area (Å²) in [5.41, 5.74) is 1.05. The first-order valence-corrected chi connectivity index (χ1v) is 5.62. The Morgan fingerprint density at radius 2 is 1.53 bits per heavy atom. The zero-order valence-corrected chi connectivity index (χ0v) is 10.4. The van der Waals surface area contributed by atoms with Gasteiger partial charge in [-0.25, -0.2) is 0 Å². The first-order valence-electron chi connectivity index (χ1n) is 5.62. The molecule has 0 unspecified atom stereocenters. The van der Waals surface area contributed by atoms with Gasteiger partial charge in [0, 0.05) is 6.42 Å². The van der Waals surface area contributed by atoms with E-state index in [-0.39, 0.29) is 11.5 Å². The molecule has 0 amide bonds. The number of halogens is 5. The van der Waals surface area contributed by atoms with Gasteiger partial charge < -0.3 is 0 Å². The van der Waals surface area contributed by atoms with Gasteiger partial charge in [-0.1, -0.05) is 38.1 Å². The molecule has 0 aromatic heterocycles. The van der Waals surface area contributed by atoms with E-state index in [0.29, 0.717) is 0 Å². The fraction of sp³-hybridized carbons (Fsp3) is 0.462. The fourth-order valence-corrected chi connectivity index (χ4v) is 1.47. The molecule has 0 spiro atoms. The van der Waals surface area contributed by atoms with Gasteiger partial charge in [0.05, 0.1) is 0 Å². The van der Waals surface area contributed by atoms with Gasteiger partial charge in [-0.3, -0.25) is 4.79 Å². The molecule has 1 nitrogen and oxygen atoms in total. The summed E-state index contributed by atoms with van der Waals surface area (Å²) in [4.78, 5) is 11.0. The number of Topliss-reactive ketones (excluding diaryl/α,β-unsaturated/α-hetero) is 1. The summed E-state index contributed by atoms with van der Waals surface area (Å²) >= 11 is 0. The van der Waals surface area contributed by atoms with E-state index in [0.717, 1.165) is 5.56 Å². The molecule has 0 heterocycles.